The van der Waals surface area contributed by atoms with Crippen LogP contribution in [0.1, 0.15) is 5.76 Å². The van der Waals surface area contributed by atoms with Gasteiger partial charge >= 0.3 is 0 Å². The molecular weight excluding hydrogens is 251 g/mol. The van der Waals surface area contributed by atoms with Gasteiger partial charge in [0.25, 0.3) is 5.91 Å². The third-order valence-corrected chi connectivity index (χ3v) is 2.12. The minimum atomic E-state index is -0.519. The van der Waals surface area contributed by atoms with Crippen molar-refractivity contribution >= 4 is 12.1 Å². The van der Waals surface area contributed by atoms with Crippen LogP contribution in [0.5, 0.6) is 5.75 Å². The molecule has 0 spiro atoms. The number of amides is 1. The van der Waals surface area contributed by atoms with Gasteiger partial charge in [-0.15, -0.1) is 0 Å². The summed E-state index contributed by atoms with van der Waals surface area (Å²) in [7, 11) is 0. The van der Waals surface area contributed by atoms with E-state index in [-0.39, 0.29) is 12.4 Å². The fourth-order valence-corrected chi connectivity index (χ4v) is 1.27. The van der Waals surface area contributed by atoms with E-state index in [1.165, 1.54) is 30.7 Å². The Morgan fingerprint density at radius 1 is 1.37 bits per heavy atom. The monoisotopic (exact) mass is 262 g/mol. The molecule has 19 heavy (non-hydrogen) atoms. The zero-order valence-corrected chi connectivity index (χ0v) is 9.88. The number of para-hydroxylation sites is 1. The van der Waals surface area contributed by atoms with Crippen molar-refractivity contribution in [2.75, 3.05) is 6.61 Å². The molecule has 0 unspecified atom stereocenters. The number of benzene rings is 1. The molecule has 0 bridgehead atoms. The zero-order valence-electron chi connectivity index (χ0n) is 9.88. The third kappa shape index (κ3) is 3.95. The molecule has 1 amide bonds. The molecule has 5 nitrogen and oxygen atoms in total. The molecule has 1 aromatic carbocycles. The van der Waals surface area contributed by atoms with Crippen LogP contribution in [0.15, 0.2) is 52.2 Å². The van der Waals surface area contributed by atoms with Gasteiger partial charge in [-0.05, 0) is 24.3 Å². The second-order valence-corrected chi connectivity index (χ2v) is 3.53. The van der Waals surface area contributed by atoms with E-state index in [9.17, 15) is 9.18 Å². The predicted molar refractivity (Wildman–Crippen MR) is 66.3 cm³/mol. The summed E-state index contributed by atoms with van der Waals surface area (Å²) in [6.07, 6.45) is 2.84. The summed E-state index contributed by atoms with van der Waals surface area (Å²) >= 11 is 0. The van der Waals surface area contributed by atoms with E-state index in [2.05, 4.69) is 10.5 Å². The molecule has 2 rings (SSSR count). The first-order chi connectivity index (χ1) is 9.25. The van der Waals surface area contributed by atoms with Gasteiger partial charge in [0.1, 0.15) is 5.76 Å². The number of hydrogen-bond acceptors (Lipinski definition) is 4. The molecule has 98 valence electrons. The average molecular weight is 262 g/mol. The molecule has 6 heteroatoms. The van der Waals surface area contributed by atoms with E-state index in [0.717, 1.165) is 0 Å². The number of carbonyl (C=O) groups excluding carboxylic acids is 1. The van der Waals surface area contributed by atoms with E-state index in [1.807, 2.05) is 0 Å². The van der Waals surface area contributed by atoms with Gasteiger partial charge in [0.2, 0.25) is 0 Å². The first kappa shape index (κ1) is 12.8. The molecule has 0 aliphatic heterocycles. The standard InChI is InChI=1S/C13H11FN2O3/c14-11-5-1-2-6-12(11)19-9-13(17)16-15-8-10-4-3-7-18-10/h1-8H,9H2,(H,16,17)/b15-8+. The highest BCUT2D eigenvalue weighted by Gasteiger charge is 2.05. The smallest absolute Gasteiger partial charge is 0.277 e. The summed E-state index contributed by atoms with van der Waals surface area (Å²) in [4.78, 5) is 11.4. The Morgan fingerprint density at radius 3 is 2.95 bits per heavy atom. The Bertz CT molecular complexity index is 567. The van der Waals surface area contributed by atoms with E-state index in [0.29, 0.717) is 5.76 Å². The van der Waals surface area contributed by atoms with Crippen molar-refractivity contribution < 1.29 is 18.3 Å². The SMILES string of the molecule is O=C(COc1ccccc1F)N/N=C/c1ccco1. The minimum Gasteiger partial charge on any atom is -0.481 e. The van der Waals surface area contributed by atoms with Gasteiger partial charge in [-0.3, -0.25) is 4.79 Å². The second-order valence-electron chi connectivity index (χ2n) is 3.53. The molecule has 1 heterocycles. The van der Waals surface area contributed by atoms with Crippen LogP contribution >= 0.6 is 0 Å². The van der Waals surface area contributed by atoms with E-state index in [4.69, 9.17) is 9.15 Å². The normalized spacial score (nSPS) is 10.6. The maximum atomic E-state index is 13.2. The second kappa shape index (κ2) is 6.34. The number of halogens is 1. The quantitative estimate of drug-likeness (QED) is 0.661. The van der Waals surface area contributed by atoms with Crippen molar-refractivity contribution in [1.82, 2.24) is 5.43 Å². The summed E-state index contributed by atoms with van der Waals surface area (Å²) < 4.78 is 23.2. The summed E-state index contributed by atoms with van der Waals surface area (Å²) in [6.45, 7) is -0.323. The Morgan fingerprint density at radius 2 is 2.21 bits per heavy atom. The van der Waals surface area contributed by atoms with Crippen LogP contribution in [-0.4, -0.2) is 18.7 Å². The van der Waals surface area contributed by atoms with Gasteiger partial charge in [-0.25, -0.2) is 9.82 Å². The topological polar surface area (TPSA) is 63.8 Å². The summed E-state index contributed by atoms with van der Waals surface area (Å²) in [5.41, 5.74) is 2.23. The lowest BCUT2D eigenvalue weighted by Crippen LogP contribution is -2.24. The Labute approximate surface area is 108 Å². The highest BCUT2D eigenvalue weighted by molar-refractivity contribution is 5.81. The van der Waals surface area contributed by atoms with Crippen LogP contribution in [0.3, 0.4) is 0 Å². The van der Waals surface area contributed by atoms with Crippen LogP contribution in [0.4, 0.5) is 4.39 Å². The number of ether oxygens (including phenoxy) is 1. The van der Waals surface area contributed by atoms with Crippen LogP contribution < -0.4 is 10.2 Å². The molecule has 0 radical (unpaired) electrons. The maximum absolute atomic E-state index is 13.2. The fraction of sp³-hybridized carbons (Fsp3) is 0.0769. The Hall–Kier alpha value is -2.63. The Balaban J connectivity index is 1.78. The van der Waals surface area contributed by atoms with Crippen molar-refractivity contribution in [2.45, 2.75) is 0 Å². The van der Waals surface area contributed by atoms with E-state index in [1.54, 1.807) is 18.2 Å². The number of furan rings is 1. The summed E-state index contributed by atoms with van der Waals surface area (Å²) in [6, 6.07) is 9.23. The molecule has 0 aliphatic rings. The van der Waals surface area contributed by atoms with Crippen LogP contribution in [-0.2, 0) is 4.79 Å². The maximum Gasteiger partial charge on any atom is 0.277 e. The lowest BCUT2D eigenvalue weighted by atomic mass is 10.3. The Kier molecular flexibility index (Phi) is 4.28. The number of rotatable bonds is 5. The van der Waals surface area contributed by atoms with Crippen molar-refractivity contribution in [3.8, 4) is 5.75 Å². The van der Waals surface area contributed by atoms with Crippen molar-refractivity contribution in [1.29, 1.82) is 0 Å². The van der Waals surface area contributed by atoms with Gasteiger partial charge in [0.15, 0.2) is 18.2 Å². The van der Waals surface area contributed by atoms with Gasteiger partial charge < -0.3 is 9.15 Å². The highest BCUT2D eigenvalue weighted by atomic mass is 19.1. The van der Waals surface area contributed by atoms with E-state index >= 15 is 0 Å². The van der Waals surface area contributed by atoms with Gasteiger partial charge in [-0.2, -0.15) is 5.10 Å². The van der Waals surface area contributed by atoms with Crippen molar-refractivity contribution in [3.05, 3.63) is 54.2 Å². The highest BCUT2D eigenvalue weighted by Crippen LogP contribution is 2.14. The van der Waals surface area contributed by atoms with Gasteiger partial charge in [0, 0.05) is 0 Å². The predicted octanol–water partition coefficient (Wildman–Crippen LogP) is 1.95. The summed E-state index contributed by atoms with van der Waals surface area (Å²) in [5.74, 6) is -0.483. The zero-order chi connectivity index (χ0) is 13.5. The number of nitrogens with zero attached hydrogens (tertiary/aromatic N) is 1. The molecule has 1 N–H and O–H groups in total. The molecule has 0 fully saturated rings. The lowest BCUT2D eigenvalue weighted by molar-refractivity contribution is -0.123. The first-order valence-electron chi connectivity index (χ1n) is 5.48. The molecular formula is C13H11FN2O3. The molecule has 0 aliphatic carbocycles. The van der Waals surface area contributed by atoms with Crippen molar-refractivity contribution in [3.63, 3.8) is 0 Å². The fourth-order valence-electron chi connectivity index (χ4n) is 1.27. The number of hydrogen-bond donors (Lipinski definition) is 1. The molecule has 1 aromatic heterocycles. The molecule has 0 saturated carbocycles. The summed E-state index contributed by atoms with van der Waals surface area (Å²) in [5, 5.41) is 3.66. The van der Waals surface area contributed by atoms with Gasteiger partial charge in [-0.1, -0.05) is 12.1 Å². The van der Waals surface area contributed by atoms with E-state index < -0.39 is 11.7 Å². The van der Waals surface area contributed by atoms with Crippen LogP contribution in [0, 0.1) is 5.82 Å². The molecule has 0 atom stereocenters. The lowest BCUT2D eigenvalue weighted by Gasteiger charge is -2.05. The number of carbonyl (C=O) groups is 1. The largest absolute Gasteiger partial charge is 0.481 e. The van der Waals surface area contributed by atoms with Gasteiger partial charge in [0.05, 0.1) is 12.5 Å². The number of nitrogens with one attached hydrogen (secondary N) is 1. The van der Waals surface area contributed by atoms with Crippen LogP contribution in [0.2, 0.25) is 0 Å². The molecule has 0 saturated heterocycles. The average Bonchev–Trinajstić information content (AvgIpc) is 2.91. The third-order valence-electron chi connectivity index (χ3n) is 2.12. The minimum absolute atomic E-state index is 0.0210. The van der Waals surface area contributed by atoms with Crippen LogP contribution in [0.25, 0.3) is 0 Å². The number of hydrazone groups is 1. The van der Waals surface area contributed by atoms with Crippen molar-refractivity contribution in [2.24, 2.45) is 5.10 Å². The first-order valence-corrected chi connectivity index (χ1v) is 5.48. The molecule has 2 aromatic rings.